The molecule has 0 radical (unpaired) electrons. The summed E-state index contributed by atoms with van der Waals surface area (Å²) in [5.74, 6) is -0.591. The van der Waals surface area contributed by atoms with Crippen molar-refractivity contribution in [1.29, 1.82) is 0 Å². The van der Waals surface area contributed by atoms with Gasteiger partial charge >= 0.3 is 0 Å². The number of anilines is 1. The van der Waals surface area contributed by atoms with Gasteiger partial charge in [-0.15, -0.1) is 24.0 Å². The van der Waals surface area contributed by atoms with E-state index in [-0.39, 0.29) is 47.7 Å². The second kappa shape index (κ2) is 7.66. The Balaban J connectivity index is 0.00000264. The monoisotopic (exact) mass is 436 g/mol. The molecule has 0 aliphatic heterocycles. The average Bonchev–Trinajstić information content (AvgIpc) is 2.89. The minimum Gasteiger partial charge on any atom is -0.370 e. The van der Waals surface area contributed by atoms with Gasteiger partial charge in [0.25, 0.3) is 0 Å². The zero-order valence-corrected chi connectivity index (χ0v) is 15.4. The Morgan fingerprint density at radius 1 is 1.35 bits per heavy atom. The first-order valence-electron chi connectivity index (χ1n) is 6.69. The van der Waals surface area contributed by atoms with Crippen LogP contribution < -0.4 is 11.1 Å². The summed E-state index contributed by atoms with van der Waals surface area (Å²) in [6, 6.07) is 3.05. The molecule has 0 saturated heterocycles. The van der Waals surface area contributed by atoms with Crippen molar-refractivity contribution in [1.82, 2.24) is 14.8 Å². The maximum absolute atomic E-state index is 13.5. The van der Waals surface area contributed by atoms with E-state index >= 15 is 0 Å². The second-order valence-electron chi connectivity index (χ2n) is 5.71. The highest BCUT2D eigenvalue weighted by Gasteiger charge is 2.18. The minimum atomic E-state index is -0.614. The molecule has 0 bridgehead atoms. The average molecular weight is 436 g/mol. The van der Waals surface area contributed by atoms with E-state index in [9.17, 15) is 8.78 Å². The number of benzene rings is 1. The van der Waals surface area contributed by atoms with Crippen LogP contribution in [0, 0.1) is 11.6 Å². The highest BCUT2D eigenvalue weighted by atomic mass is 127. The molecule has 0 unspecified atom stereocenters. The van der Waals surface area contributed by atoms with Crippen LogP contribution in [-0.4, -0.2) is 20.7 Å². The highest BCUT2D eigenvalue weighted by Crippen LogP contribution is 2.16. The number of halogens is 3. The van der Waals surface area contributed by atoms with Crippen LogP contribution in [0.2, 0.25) is 0 Å². The fraction of sp³-hybridized carbons (Fsp3) is 0.357. The van der Waals surface area contributed by atoms with E-state index in [0.29, 0.717) is 5.82 Å². The van der Waals surface area contributed by atoms with E-state index in [1.807, 2.05) is 20.8 Å². The Kier molecular flexibility index (Phi) is 6.42. The maximum Gasteiger partial charge on any atom is 0.193 e. The zero-order valence-electron chi connectivity index (χ0n) is 13.0. The maximum atomic E-state index is 13.5. The summed E-state index contributed by atoms with van der Waals surface area (Å²) in [4.78, 5) is 8.20. The van der Waals surface area contributed by atoms with Crippen LogP contribution in [0.25, 0.3) is 0 Å². The van der Waals surface area contributed by atoms with Crippen molar-refractivity contribution < 1.29 is 8.78 Å². The van der Waals surface area contributed by atoms with Crippen molar-refractivity contribution >= 4 is 35.6 Å². The number of hydrogen-bond donors (Lipinski definition) is 2. The molecular formula is C14H19F2IN6. The predicted molar refractivity (Wildman–Crippen MR) is 95.7 cm³/mol. The summed E-state index contributed by atoms with van der Waals surface area (Å²) >= 11 is 0. The molecule has 1 aromatic heterocycles. The van der Waals surface area contributed by atoms with Gasteiger partial charge in [0, 0.05) is 6.07 Å². The third kappa shape index (κ3) is 5.12. The van der Waals surface area contributed by atoms with E-state index < -0.39 is 11.6 Å². The number of hydrogen-bond acceptors (Lipinski definition) is 3. The van der Waals surface area contributed by atoms with Gasteiger partial charge in [-0.05, 0) is 32.9 Å². The van der Waals surface area contributed by atoms with Crippen LogP contribution in [0.5, 0.6) is 0 Å². The normalized spacial score (nSPS) is 12.0. The van der Waals surface area contributed by atoms with Gasteiger partial charge in [-0.25, -0.2) is 23.4 Å². The summed E-state index contributed by atoms with van der Waals surface area (Å²) in [5, 5.41) is 6.67. The molecule has 3 N–H and O–H groups in total. The summed E-state index contributed by atoms with van der Waals surface area (Å²) in [5.41, 5.74) is 5.38. The molecule has 9 heteroatoms. The molecule has 1 heterocycles. The largest absolute Gasteiger partial charge is 0.370 e. The van der Waals surface area contributed by atoms with Crippen LogP contribution in [0.15, 0.2) is 29.5 Å². The van der Waals surface area contributed by atoms with Gasteiger partial charge in [-0.2, -0.15) is 5.10 Å². The Morgan fingerprint density at radius 3 is 2.70 bits per heavy atom. The van der Waals surface area contributed by atoms with Crippen LogP contribution in [0.3, 0.4) is 0 Å². The number of rotatable bonds is 3. The zero-order chi connectivity index (χ0) is 16.3. The molecule has 126 valence electrons. The molecule has 0 saturated carbocycles. The number of aliphatic imine (C=N–C) groups is 1. The van der Waals surface area contributed by atoms with E-state index in [4.69, 9.17) is 5.73 Å². The SMILES string of the molecule is CC(C)(C)n1ncnc1CN=C(N)Nc1cc(F)ccc1F.I. The number of guanidine groups is 1. The summed E-state index contributed by atoms with van der Waals surface area (Å²) in [6.45, 7) is 6.13. The van der Waals surface area contributed by atoms with Gasteiger partial charge in [-0.3, -0.25) is 0 Å². The molecule has 0 fully saturated rings. The molecule has 0 amide bonds. The lowest BCUT2D eigenvalue weighted by Crippen LogP contribution is -2.27. The fourth-order valence-electron chi connectivity index (χ4n) is 1.86. The fourth-order valence-corrected chi connectivity index (χ4v) is 1.86. The number of nitrogens with zero attached hydrogens (tertiary/aromatic N) is 4. The van der Waals surface area contributed by atoms with Crippen molar-refractivity contribution in [2.45, 2.75) is 32.9 Å². The van der Waals surface area contributed by atoms with E-state index in [1.54, 1.807) is 4.68 Å². The second-order valence-corrected chi connectivity index (χ2v) is 5.71. The first-order valence-corrected chi connectivity index (χ1v) is 6.69. The lowest BCUT2D eigenvalue weighted by Gasteiger charge is -2.20. The molecule has 0 aliphatic rings. The van der Waals surface area contributed by atoms with E-state index in [0.717, 1.165) is 18.2 Å². The Morgan fingerprint density at radius 2 is 2.04 bits per heavy atom. The Hall–Kier alpha value is -1.78. The molecule has 6 nitrogen and oxygen atoms in total. The van der Waals surface area contributed by atoms with Gasteiger partial charge in [0.05, 0.1) is 11.2 Å². The van der Waals surface area contributed by atoms with Gasteiger partial charge in [0.2, 0.25) is 0 Å². The minimum absolute atomic E-state index is 0. The molecule has 1 aromatic carbocycles. The standard InChI is InChI=1S/C14H18F2N6.HI/c1-14(2,3)22-12(19-8-20-22)7-18-13(17)21-11-6-9(15)4-5-10(11)16;/h4-6,8H,7H2,1-3H3,(H3,17,18,21);1H. The van der Waals surface area contributed by atoms with Crippen LogP contribution in [0.4, 0.5) is 14.5 Å². The molecular weight excluding hydrogens is 417 g/mol. The molecule has 0 aliphatic carbocycles. The van der Waals surface area contributed by atoms with E-state index in [1.165, 1.54) is 6.33 Å². The van der Waals surface area contributed by atoms with Gasteiger partial charge < -0.3 is 11.1 Å². The highest BCUT2D eigenvalue weighted by molar-refractivity contribution is 14.0. The first kappa shape index (κ1) is 19.3. The first-order chi connectivity index (χ1) is 10.3. The van der Waals surface area contributed by atoms with Crippen molar-refractivity contribution in [3.63, 3.8) is 0 Å². The molecule has 0 atom stereocenters. The van der Waals surface area contributed by atoms with Gasteiger partial charge in [-0.1, -0.05) is 0 Å². The Labute approximate surface area is 150 Å². The predicted octanol–water partition coefficient (Wildman–Crippen LogP) is 2.86. The summed E-state index contributed by atoms with van der Waals surface area (Å²) in [6.07, 6.45) is 1.44. The number of nitrogens with two attached hydrogens (primary N) is 1. The van der Waals surface area contributed by atoms with Crippen LogP contribution in [-0.2, 0) is 12.1 Å². The summed E-state index contributed by atoms with van der Waals surface area (Å²) in [7, 11) is 0. The van der Waals surface area contributed by atoms with Crippen LogP contribution in [0.1, 0.15) is 26.6 Å². The lowest BCUT2D eigenvalue weighted by atomic mass is 10.1. The number of aromatic nitrogens is 3. The third-order valence-corrected chi connectivity index (χ3v) is 2.84. The topological polar surface area (TPSA) is 81.1 Å². The lowest BCUT2D eigenvalue weighted by molar-refractivity contribution is 0.342. The smallest absolute Gasteiger partial charge is 0.193 e. The van der Waals surface area contributed by atoms with Crippen molar-refractivity contribution in [3.05, 3.63) is 42.0 Å². The van der Waals surface area contributed by atoms with Gasteiger partial charge in [0.1, 0.15) is 30.3 Å². The quantitative estimate of drug-likeness (QED) is 0.441. The van der Waals surface area contributed by atoms with E-state index in [2.05, 4.69) is 20.4 Å². The van der Waals surface area contributed by atoms with Crippen molar-refractivity contribution in [2.24, 2.45) is 10.7 Å². The van der Waals surface area contributed by atoms with Crippen molar-refractivity contribution in [2.75, 3.05) is 5.32 Å². The van der Waals surface area contributed by atoms with Crippen LogP contribution >= 0.6 is 24.0 Å². The molecule has 2 rings (SSSR count). The Bertz CT molecular complexity index is 693. The molecule has 0 spiro atoms. The molecule has 23 heavy (non-hydrogen) atoms. The van der Waals surface area contributed by atoms with Crippen molar-refractivity contribution in [3.8, 4) is 0 Å². The third-order valence-electron chi connectivity index (χ3n) is 2.84. The molecule has 2 aromatic rings. The summed E-state index contributed by atoms with van der Waals surface area (Å²) < 4.78 is 28.3. The van der Waals surface area contributed by atoms with Gasteiger partial charge in [0.15, 0.2) is 5.96 Å². The number of nitrogens with one attached hydrogen (secondary N) is 1.